The maximum absolute atomic E-state index is 12.2. The van der Waals surface area contributed by atoms with Crippen molar-refractivity contribution in [1.29, 1.82) is 0 Å². The fraction of sp³-hybridized carbons (Fsp3) is 0.188. The van der Waals surface area contributed by atoms with Gasteiger partial charge < -0.3 is 0 Å². The minimum atomic E-state index is 0.217. The number of Topliss-reactive ketones (excluding diaryl/α,β-unsaturated/α-hetero) is 1. The van der Waals surface area contributed by atoms with Crippen molar-refractivity contribution in [3.63, 3.8) is 0 Å². The number of rotatable bonds is 6. The molecule has 0 unspecified atom stereocenters. The fourth-order valence-electron chi connectivity index (χ4n) is 1.57. The summed E-state index contributed by atoms with van der Waals surface area (Å²) >= 11 is 0.481. The van der Waals surface area contributed by atoms with Gasteiger partial charge in [0.2, 0.25) is 0 Å². The van der Waals surface area contributed by atoms with Gasteiger partial charge in [-0.05, 0) is 0 Å². The standard InChI is InChI=1S/C16H16OSe2/c1-2-15(17)16(18-13-9-5-3-6-10-13)19-14-11-7-4-8-12-14/h3-12,16H,2H2,1H3. The second-order valence-corrected chi connectivity index (χ2v) is 10.5. The molecule has 98 valence electrons. The third-order valence-corrected chi connectivity index (χ3v) is 8.97. The molecule has 0 aliphatic rings. The van der Waals surface area contributed by atoms with Crippen LogP contribution in [0.15, 0.2) is 60.7 Å². The van der Waals surface area contributed by atoms with Gasteiger partial charge in [0, 0.05) is 0 Å². The molecule has 0 fully saturated rings. The molecule has 2 aromatic rings. The van der Waals surface area contributed by atoms with Gasteiger partial charge in [-0.25, -0.2) is 0 Å². The third kappa shape index (κ3) is 4.63. The number of hydrogen-bond acceptors (Lipinski definition) is 1. The zero-order valence-electron chi connectivity index (χ0n) is 10.8. The zero-order chi connectivity index (χ0) is 13.5. The van der Waals surface area contributed by atoms with Crippen LogP contribution in [0, 0.1) is 0 Å². The third-order valence-electron chi connectivity index (χ3n) is 2.58. The first-order valence-corrected chi connectivity index (χ1v) is 9.95. The van der Waals surface area contributed by atoms with Gasteiger partial charge in [-0.15, -0.1) is 0 Å². The molecule has 0 amide bonds. The summed E-state index contributed by atoms with van der Waals surface area (Å²) in [5.41, 5.74) is 0. The quantitative estimate of drug-likeness (QED) is 0.697. The number of hydrogen-bond donors (Lipinski definition) is 0. The first kappa shape index (κ1) is 14.6. The van der Waals surface area contributed by atoms with Crippen LogP contribution in [0.4, 0.5) is 0 Å². The van der Waals surface area contributed by atoms with Gasteiger partial charge in [0.1, 0.15) is 0 Å². The van der Waals surface area contributed by atoms with Crippen LogP contribution in [0.3, 0.4) is 0 Å². The second kappa shape index (κ2) is 7.67. The van der Waals surface area contributed by atoms with Gasteiger partial charge >= 0.3 is 127 Å². The predicted molar refractivity (Wildman–Crippen MR) is 82.7 cm³/mol. The van der Waals surface area contributed by atoms with E-state index in [1.54, 1.807) is 0 Å². The maximum atomic E-state index is 12.2. The number of benzene rings is 2. The Bertz CT molecular complexity index is 469. The summed E-state index contributed by atoms with van der Waals surface area (Å²) in [7, 11) is 0. The molecule has 0 N–H and O–H groups in total. The number of carbonyl (C=O) groups excluding carboxylic acids is 1. The summed E-state index contributed by atoms with van der Waals surface area (Å²) in [6.07, 6.45) is 0.647. The summed E-state index contributed by atoms with van der Waals surface area (Å²) in [6.45, 7) is 1.97. The van der Waals surface area contributed by atoms with E-state index in [1.807, 2.05) is 19.1 Å². The van der Waals surface area contributed by atoms with Gasteiger partial charge in [-0.3, -0.25) is 0 Å². The van der Waals surface area contributed by atoms with E-state index in [0.29, 0.717) is 12.2 Å². The van der Waals surface area contributed by atoms with Gasteiger partial charge in [-0.1, -0.05) is 0 Å². The van der Waals surface area contributed by atoms with Gasteiger partial charge in [0.25, 0.3) is 0 Å². The molecule has 2 rings (SSSR count). The molecule has 0 heterocycles. The van der Waals surface area contributed by atoms with Gasteiger partial charge in [0.15, 0.2) is 0 Å². The van der Waals surface area contributed by atoms with E-state index in [2.05, 4.69) is 48.5 Å². The van der Waals surface area contributed by atoms with E-state index in [-0.39, 0.29) is 33.6 Å². The van der Waals surface area contributed by atoms with Crippen LogP contribution >= 0.6 is 0 Å². The van der Waals surface area contributed by atoms with Crippen LogP contribution < -0.4 is 8.92 Å². The Kier molecular flexibility index (Phi) is 5.88. The monoisotopic (exact) mass is 384 g/mol. The summed E-state index contributed by atoms with van der Waals surface area (Å²) in [5, 5.41) is 0. The van der Waals surface area contributed by atoms with E-state index in [9.17, 15) is 4.79 Å². The fourth-order valence-corrected chi connectivity index (χ4v) is 8.22. The van der Waals surface area contributed by atoms with Crippen molar-refractivity contribution in [2.45, 2.75) is 17.1 Å². The number of carbonyl (C=O) groups is 1. The average Bonchev–Trinajstić information content (AvgIpc) is 2.48. The molecule has 0 aliphatic heterocycles. The molecule has 0 bridgehead atoms. The van der Waals surface area contributed by atoms with Crippen LogP contribution in [0.5, 0.6) is 0 Å². The summed E-state index contributed by atoms with van der Waals surface area (Å²) in [5.74, 6) is 0.410. The molecule has 1 nitrogen and oxygen atoms in total. The molecule has 0 aromatic heterocycles. The van der Waals surface area contributed by atoms with E-state index >= 15 is 0 Å². The van der Waals surface area contributed by atoms with Crippen molar-refractivity contribution in [2.75, 3.05) is 0 Å². The molecule has 19 heavy (non-hydrogen) atoms. The Morgan fingerprint density at radius 2 is 1.32 bits per heavy atom. The first-order valence-electron chi connectivity index (χ1n) is 6.25. The predicted octanol–water partition coefficient (Wildman–Crippen LogP) is 1.77. The Hall–Kier alpha value is -0.851. The molecule has 0 saturated heterocycles. The van der Waals surface area contributed by atoms with Crippen molar-refractivity contribution in [1.82, 2.24) is 0 Å². The van der Waals surface area contributed by atoms with Crippen molar-refractivity contribution >= 4 is 44.6 Å². The number of ketones is 1. The van der Waals surface area contributed by atoms with Crippen LogP contribution in [0.1, 0.15) is 13.3 Å². The minimum absolute atomic E-state index is 0.217. The Morgan fingerprint density at radius 1 is 0.895 bits per heavy atom. The Balaban J connectivity index is 2.10. The first-order chi connectivity index (χ1) is 9.29. The zero-order valence-corrected chi connectivity index (χ0v) is 14.2. The van der Waals surface area contributed by atoms with E-state index < -0.39 is 0 Å². The molecule has 0 atom stereocenters. The van der Waals surface area contributed by atoms with Crippen molar-refractivity contribution in [3.8, 4) is 0 Å². The molecule has 0 aliphatic carbocycles. The summed E-state index contributed by atoms with van der Waals surface area (Å²) < 4.78 is 2.86. The van der Waals surface area contributed by atoms with Crippen molar-refractivity contribution in [2.24, 2.45) is 0 Å². The van der Waals surface area contributed by atoms with Crippen LogP contribution in [0.2, 0.25) is 3.71 Å². The molecule has 3 heteroatoms. The van der Waals surface area contributed by atoms with Crippen molar-refractivity contribution in [3.05, 3.63) is 60.7 Å². The van der Waals surface area contributed by atoms with Gasteiger partial charge in [0.05, 0.1) is 0 Å². The normalized spacial score (nSPS) is 10.6. The molecule has 0 saturated carbocycles. The van der Waals surface area contributed by atoms with E-state index in [0.717, 1.165) is 0 Å². The van der Waals surface area contributed by atoms with Crippen LogP contribution in [-0.4, -0.2) is 35.7 Å². The average molecular weight is 382 g/mol. The molecular weight excluding hydrogens is 366 g/mol. The van der Waals surface area contributed by atoms with Crippen LogP contribution in [-0.2, 0) is 4.79 Å². The van der Waals surface area contributed by atoms with Crippen LogP contribution in [0.25, 0.3) is 0 Å². The summed E-state index contributed by atoms with van der Waals surface area (Å²) in [4.78, 5) is 12.2. The Morgan fingerprint density at radius 3 is 1.68 bits per heavy atom. The molecule has 0 spiro atoms. The second-order valence-electron chi connectivity index (χ2n) is 4.01. The molecule has 0 radical (unpaired) electrons. The van der Waals surface area contributed by atoms with E-state index in [1.165, 1.54) is 8.92 Å². The van der Waals surface area contributed by atoms with Gasteiger partial charge in [-0.2, -0.15) is 0 Å². The topological polar surface area (TPSA) is 17.1 Å². The van der Waals surface area contributed by atoms with E-state index in [4.69, 9.17) is 0 Å². The van der Waals surface area contributed by atoms with Crippen molar-refractivity contribution < 1.29 is 4.79 Å². The summed E-state index contributed by atoms with van der Waals surface area (Å²) in [6, 6.07) is 20.8. The Labute approximate surface area is 127 Å². The molecule has 2 aromatic carbocycles. The SMILES string of the molecule is CCC(=O)C([Se]c1ccccc1)[Se]c1ccccc1. The molecular formula is C16H16OSe2.